The molecule has 1 unspecified atom stereocenters. The van der Waals surface area contributed by atoms with Crippen LogP contribution in [0, 0.1) is 0 Å². The van der Waals surface area contributed by atoms with Crippen molar-refractivity contribution in [2.24, 2.45) is 0 Å². The molecule has 1 N–H and O–H groups in total. The fourth-order valence-electron chi connectivity index (χ4n) is 4.07. The average Bonchev–Trinajstić information content (AvgIpc) is 2.88. The molecule has 0 saturated heterocycles. The maximum Gasteiger partial charge on any atom is 0.330 e. The van der Waals surface area contributed by atoms with Crippen LogP contribution in [0.5, 0.6) is 0 Å². The van der Waals surface area contributed by atoms with Crippen molar-refractivity contribution in [1.29, 1.82) is 0 Å². The minimum atomic E-state index is -0.346. The van der Waals surface area contributed by atoms with Gasteiger partial charge in [0.05, 0.1) is 12.6 Å². The molecule has 2 aromatic carbocycles. The third kappa shape index (κ3) is 8.21. The molecule has 0 aliphatic heterocycles. The lowest BCUT2D eigenvalue weighted by Gasteiger charge is -2.23. The Bertz CT molecular complexity index is 1110. The summed E-state index contributed by atoms with van der Waals surface area (Å²) in [5, 5.41) is 3.49. The van der Waals surface area contributed by atoms with Gasteiger partial charge in [-0.2, -0.15) is 0 Å². The summed E-state index contributed by atoms with van der Waals surface area (Å²) in [6.07, 6.45) is 14.2. The standard InChI is InChI=1S/C31H36N2O3/c1-4-36-30(34)17-10-6-9-14-27(25-18-20-28(21-19-25)33(2)3)23-32-29-16-11-15-26(31(29)35)22-24-12-7-5-8-13-24/h5-13,15-21,27,29,32H,4,14,22-23H2,1-3H3/t27-,29?/m1/s1. The van der Waals surface area contributed by atoms with Gasteiger partial charge in [0.25, 0.3) is 0 Å². The van der Waals surface area contributed by atoms with E-state index in [-0.39, 0.29) is 23.7 Å². The molecular weight excluding hydrogens is 448 g/mol. The van der Waals surface area contributed by atoms with Gasteiger partial charge in [0.15, 0.2) is 5.78 Å². The number of carbonyl (C=O) groups excluding carboxylic acids is 2. The van der Waals surface area contributed by atoms with Crippen LogP contribution in [-0.4, -0.2) is 45.0 Å². The first-order valence-electron chi connectivity index (χ1n) is 12.4. The number of esters is 1. The van der Waals surface area contributed by atoms with Crippen molar-refractivity contribution in [3.8, 4) is 0 Å². The molecule has 1 aliphatic rings. The number of anilines is 1. The van der Waals surface area contributed by atoms with Gasteiger partial charge in [-0.05, 0) is 42.5 Å². The summed E-state index contributed by atoms with van der Waals surface area (Å²) in [5.41, 5.74) is 4.28. The minimum absolute atomic E-state index is 0.121. The summed E-state index contributed by atoms with van der Waals surface area (Å²) in [4.78, 5) is 26.7. The highest BCUT2D eigenvalue weighted by Gasteiger charge is 2.23. The summed E-state index contributed by atoms with van der Waals surface area (Å²) in [6.45, 7) is 2.79. The lowest BCUT2D eigenvalue weighted by molar-refractivity contribution is -0.137. The van der Waals surface area contributed by atoms with Gasteiger partial charge >= 0.3 is 5.97 Å². The van der Waals surface area contributed by atoms with E-state index in [2.05, 4.69) is 34.5 Å². The van der Waals surface area contributed by atoms with Crippen LogP contribution in [0.1, 0.15) is 30.4 Å². The molecule has 3 rings (SSSR count). The van der Waals surface area contributed by atoms with E-state index in [1.165, 1.54) is 11.6 Å². The van der Waals surface area contributed by atoms with Crippen molar-refractivity contribution in [2.75, 3.05) is 32.1 Å². The van der Waals surface area contributed by atoms with Crippen LogP contribution in [-0.2, 0) is 20.7 Å². The van der Waals surface area contributed by atoms with E-state index < -0.39 is 0 Å². The van der Waals surface area contributed by atoms with Crippen LogP contribution in [0.2, 0.25) is 0 Å². The Morgan fingerprint density at radius 3 is 2.53 bits per heavy atom. The van der Waals surface area contributed by atoms with Crippen molar-refractivity contribution in [3.05, 3.63) is 114 Å². The van der Waals surface area contributed by atoms with E-state index in [4.69, 9.17) is 4.74 Å². The average molecular weight is 485 g/mol. The molecule has 0 spiro atoms. The summed E-state index contributed by atoms with van der Waals surface area (Å²) in [7, 11) is 4.04. The van der Waals surface area contributed by atoms with Gasteiger partial charge in [-0.25, -0.2) is 4.79 Å². The van der Waals surface area contributed by atoms with E-state index in [0.717, 1.165) is 23.2 Å². The summed E-state index contributed by atoms with van der Waals surface area (Å²) < 4.78 is 4.91. The van der Waals surface area contributed by atoms with Crippen LogP contribution in [0.15, 0.2) is 103 Å². The largest absolute Gasteiger partial charge is 0.463 e. The number of Topliss-reactive ketones (excluding diaryl/α,β-unsaturated/α-hetero) is 1. The first-order chi connectivity index (χ1) is 17.5. The Kier molecular flexibility index (Phi) is 10.5. The fourth-order valence-corrected chi connectivity index (χ4v) is 4.07. The Morgan fingerprint density at radius 2 is 1.83 bits per heavy atom. The smallest absolute Gasteiger partial charge is 0.330 e. The van der Waals surface area contributed by atoms with Crippen molar-refractivity contribution in [3.63, 3.8) is 0 Å². The van der Waals surface area contributed by atoms with Crippen molar-refractivity contribution >= 4 is 17.4 Å². The van der Waals surface area contributed by atoms with Crippen LogP contribution < -0.4 is 10.2 Å². The third-order valence-corrected chi connectivity index (χ3v) is 6.09. The van der Waals surface area contributed by atoms with Gasteiger partial charge in [0, 0.05) is 44.4 Å². The maximum atomic E-state index is 13.2. The number of nitrogens with one attached hydrogen (secondary N) is 1. The van der Waals surface area contributed by atoms with Crippen LogP contribution in [0.25, 0.3) is 0 Å². The maximum absolute atomic E-state index is 13.2. The van der Waals surface area contributed by atoms with Crippen LogP contribution in [0.3, 0.4) is 0 Å². The molecular formula is C31H36N2O3. The SMILES string of the molecule is CCOC(=O)C=CC=CC[C@H](CNC1C=CC=C(Cc2ccccc2)C1=O)c1ccc(N(C)C)cc1. The van der Waals surface area contributed by atoms with Crippen molar-refractivity contribution < 1.29 is 14.3 Å². The predicted octanol–water partition coefficient (Wildman–Crippen LogP) is 5.17. The Hall–Kier alpha value is -3.70. The number of carbonyl (C=O) groups is 2. The number of allylic oxidation sites excluding steroid dienone is 5. The van der Waals surface area contributed by atoms with Crippen LogP contribution >= 0.6 is 0 Å². The lowest BCUT2D eigenvalue weighted by atomic mass is 9.91. The van der Waals surface area contributed by atoms with Crippen molar-refractivity contribution in [2.45, 2.75) is 31.7 Å². The molecule has 5 heteroatoms. The Labute approximate surface area is 214 Å². The molecule has 0 saturated carbocycles. The first-order valence-corrected chi connectivity index (χ1v) is 12.4. The molecule has 0 radical (unpaired) electrons. The Morgan fingerprint density at radius 1 is 1.08 bits per heavy atom. The van der Waals surface area contributed by atoms with E-state index in [9.17, 15) is 9.59 Å². The highest BCUT2D eigenvalue weighted by molar-refractivity contribution is 6.02. The van der Waals surface area contributed by atoms with Gasteiger partial charge in [0.2, 0.25) is 0 Å². The number of benzene rings is 2. The topological polar surface area (TPSA) is 58.6 Å². The summed E-state index contributed by atoms with van der Waals surface area (Å²) in [6, 6.07) is 18.2. The molecule has 5 nitrogen and oxygen atoms in total. The van der Waals surface area contributed by atoms with E-state index in [1.54, 1.807) is 13.0 Å². The highest BCUT2D eigenvalue weighted by atomic mass is 16.5. The second-order valence-corrected chi connectivity index (χ2v) is 8.95. The van der Waals surface area contributed by atoms with E-state index in [0.29, 0.717) is 19.6 Å². The second kappa shape index (κ2) is 14.0. The number of hydrogen-bond acceptors (Lipinski definition) is 5. The summed E-state index contributed by atoms with van der Waals surface area (Å²) in [5.74, 6) is -0.0595. The number of hydrogen-bond donors (Lipinski definition) is 1. The van der Waals surface area contributed by atoms with Gasteiger partial charge in [-0.3, -0.25) is 4.79 Å². The monoisotopic (exact) mass is 484 g/mol. The molecule has 36 heavy (non-hydrogen) atoms. The predicted molar refractivity (Wildman–Crippen MR) is 147 cm³/mol. The molecule has 0 bridgehead atoms. The third-order valence-electron chi connectivity index (χ3n) is 6.09. The molecule has 188 valence electrons. The van der Waals surface area contributed by atoms with E-state index >= 15 is 0 Å². The fraction of sp³-hybridized carbons (Fsp3) is 0.290. The molecule has 2 atom stereocenters. The van der Waals surface area contributed by atoms with E-state index in [1.807, 2.05) is 74.8 Å². The molecule has 1 aliphatic carbocycles. The first kappa shape index (κ1) is 26.9. The quantitative estimate of drug-likeness (QED) is 0.256. The molecule has 0 aromatic heterocycles. The number of ether oxygens (including phenoxy) is 1. The Balaban J connectivity index is 1.66. The molecule has 0 fully saturated rings. The number of nitrogens with zero attached hydrogens (tertiary/aromatic N) is 1. The molecule has 0 heterocycles. The highest BCUT2D eigenvalue weighted by Crippen LogP contribution is 2.24. The van der Waals surface area contributed by atoms with Gasteiger partial charge in [0.1, 0.15) is 0 Å². The van der Waals surface area contributed by atoms with Gasteiger partial charge < -0.3 is 15.0 Å². The minimum Gasteiger partial charge on any atom is -0.463 e. The zero-order valence-electron chi connectivity index (χ0n) is 21.4. The van der Waals surface area contributed by atoms with Crippen molar-refractivity contribution in [1.82, 2.24) is 5.32 Å². The van der Waals surface area contributed by atoms with Crippen LogP contribution in [0.4, 0.5) is 5.69 Å². The number of ketones is 1. The lowest BCUT2D eigenvalue weighted by Crippen LogP contribution is -2.39. The van der Waals surface area contributed by atoms with Gasteiger partial charge in [-0.1, -0.05) is 78.9 Å². The zero-order chi connectivity index (χ0) is 25.8. The molecule has 2 aromatic rings. The second-order valence-electron chi connectivity index (χ2n) is 8.95. The molecule has 0 amide bonds. The summed E-state index contributed by atoms with van der Waals surface area (Å²) >= 11 is 0. The normalized spacial score (nSPS) is 16.4. The number of rotatable bonds is 12. The van der Waals surface area contributed by atoms with Gasteiger partial charge in [-0.15, -0.1) is 0 Å². The zero-order valence-corrected chi connectivity index (χ0v) is 21.4.